The van der Waals surface area contributed by atoms with Gasteiger partial charge in [-0.1, -0.05) is 17.7 Å². The number of hydrogen-bond donors (Lipinski definition) is 2. The molecule has 7 heteroatoms. The van der Waals surface area contributed by atoms with Crippen LogP contribution in [0.2, 0.25) is 5.02 Å². The molecule has 0 saturated heterocycles. The van der Waals surface area contributed by atoms with Crippen LogP contribution in [0.15, 0.2) is 46.3 Å². The SMILES string of the molecule is C=CCn1ncc(Nc2cc(N)ccc2Cl)c(Br)c1=O. The van der Waals surface area contributed by atoms with Gasteiger partial charge in [0, 0.05) is 5.69 Å². The number of anilines is 3. The number of nitrogen functional groups attached to an aromatic ring is 1. The number of hydrogen-bond acceptors (Lipinski definition) is 4. The highest BCUT2D eigenvalue weighted by Crippen LogP contribution is 2.29. The standard InChI is InChI=1S/C13H12BrClN4O/c1-2-5-19-13(20)12(14)11(7-17-19)18-10-6-8(16)3-4-9(10)15/h2-4,6-7,18H,1,5,16H2. The van der Waals surface area contributed by atoms with Gasteiger partial charge in [0.15, 0.2) is 0 Å². The lowest BCUT2D eigenvalue weighted by atomic mass is 10.2. The predicted molar refractivity (Wildman–Crippen MR) is 85.5 cm³/mol. The minimum absolute atomic E-state index is 0.255. The first-order valence-electron chi connectivity index (χ1n) is 5.71. The van der Waals surface area contributed by atoms with Gasteiger partial charge in [0.2, 0.25) is 0 Å². The van der Waals surface area contributed by atoms with Crippen LogP contribution in [-0.2, 0) is 6.54 Å². The van der Waals surface area contributed by atoms with Gasteiger partial charge in [-0.3, -0.25) is 4.79 Å². The molecule has 0 bridgehead atoms. The summed E-state index contributed by atoms with van der Waals surface area (Å²) in [5.41, 5.74) is 7.15. The normalized spacial score (nSPS) is 10.3. The Hall–Kier alpha value is -1.79. The second-order valence-corrected chi connectivity index (χ2v) is 5.21. The molecule has 0 saturated carbocycles. The maximum absolute atomic E-state index is 12.0. The Bertz CT molecular complexity index is 714. The summed E-state index contributed by atoms with van der Waals surface area (Å²) in [7, 11) is 0. The van der Waals surface area contributed by atoms with E-state index in [4.69, 9.17) is 17.3 Å². The van der Waals surface area contributed by atoms with Gasteiger partial charge in [-0.05, 0) is 34.1 Å². The average Bonchev–Trinajstić information content (AvgIpc) is 2.42. The molecule has 1 aromatic heterocycles. The fraction of sp³-hybridized carbons (Fsp3) is 0.0769. The van der Waals surface area contributed by atoms with E-state index < -0.39 is 0 Å². The van der Waals surface area contributed by atoms with Crippen LogP contribution in [0.1, 0.15) is 0 Å². The van der Waals surface area contributed by atoms with E-state index in [-0.39, 0.29) is 5.56 Å². The lowest BCUT2D eigenvalue weighted by molar-refractivity contribution is 0.649. The molecule has 0 aliphatic rings. The highest BCUT2D eigenvalue weighted by molar-refractivity contribution is 9.10. The van der Waals surface area contributed by atoms with Crippen molar-refractivity contribution in [2.24, 2.45) is 0 Å². The Labute approximate surface area is 129 Å². The first-order chi connectivity index (χ1) is 9.52. The van der Waals surface area contributed by atoms with Crippen LogP contribution in [0.3, 0.4) is 0 Å². The van der Waals surface area contributed by atoms with Crippen LogP contribution >= 0.6 is 27.5 Å². The first kappa shape index (κ1) is 14.6. The number of allylic oxidation sites excluding steroid dienone is 1. The molecule has 0 spiro atoms. The molecule has 0 radical (unpaired) electrons. The van der Waals surface area contributed by atoms with Crippen LogP contribution in [0, 0.1) is 0 Å². The van der Waals surface area contributed by atoms with E-state index in [9.17, 15) is 4.79 Å². The molecular weight excluding hydrogens is 344 g/mol. The number of nitrogens with zero attached hydrogens (tertiary/aromatic N) is 2. The molecule has 0 amide bonds. The molecule has 2 rings (SSSR count). The zero-order valence-corrected chi connectivity index (χ0v) is 12.8. The predicted octanol–water partition coefficient (Wildman–Crippen LogP) is 3.17. The van der Waals surface area contributed by atoms with E-state index in [1.807, 2.05) is 0 Å². The molecule has 1 heterocycles. The Morgan fingerprint density at radius 1 is 1.50 bits per heavy atom. The molecule has 0 atom stereocenters. The van der Waals surface area contributed by atoms with Crippen molar-refractivity contribution in [1.82, 2.24) is 9.78 Å². The maximum atomic E-state index is 12.0. The summed E-state index contributed by atoms with van der Waals surface area (Å²) < 4.78 is 1.66. The zero-order valence-electron chi connectivity index (χ0n) is 10.4. The molecule has 5 nitrogen and oxygen atoms in total. The highest BCUT2D eigenvalue weighted by Gasteiger charge is 2.10. The average molecular weight is 356 g/mol. The summed E-state index contributed by atoms with van der Waals surface area (Å²) in [4.78, 5) is 12.0. The monoisotopic (exact) mass is 354 g/mol. The minimum atomic E-state index is -0.255. The number of nitrogens with one attached hydrogen (secondary N) is 1. The zero-order chi connectivity index (χ0) is 14.7. The third kappa shape index (κ3) is 3.02. The van der Waals surface area contributed by atoms with Crippen molar-refractivity contribution in [3.63, 3.8) is 0 Å². The van der Waals surface area contributed by atoms with E-state index in [2.05, 4.69) is 32.9 Å². The van der Waals surface area contributed by atoms with Crippen molar-refractivity contribution < 1.29 is 0 Å². The van der Waals surface area contributed by atoms with E-state index in [1.54, 1.807) is 24.3 Å². The Kier molecular flexibility index (Phi) is 4.46. The van der Waals surface area contributed by atoms with Gasteiger partial charge in [-0.25, -0.2) is 4.68 Å². The van der Waals surface area contributed by atoms with Crippen molar-refractivity contribution >= 4 is 44.6 Å². The van der Waals surface area contributed by atoms with Gasteiger partial charge < -0.3 is 11.1 Å². The fourth-order valence-electron chi connectivity index (χ4n) is 1.59. The Morgan fingerprint density at radius 3 is 2.95 bits per heavy atom. The molecule has 2 aromatic rings. The fourth-order valence-corrected chi connectivity index (χ4v) is 2.16. The maximum Gasteiger partial charge on any atom is 0.283 e. The van der Waals surface area contributed by atoms with Gasteiger partial charge >= 0.3 is 0 Å². The molecule has 3 N–H and O–H groups in total. The molecule has 20 heavy (non-hydrogen) atoms. The molecule has 104 valence electrons. The Balaban J connectivity index is 2.39. The smallest absolute Gasteiger partial charge is 0.283 e. The van der Waals surface area contributed by atoms with Crippen molar-refractivity contribution in [1.29, 1.82) is 0 Å². The molecular formula is C13H12BrClN4O. The largest absolute Gasteiger partial charge is 0.399 e. The summed E-state index contributed by atoms with van der Waals surface area (Å²) in [6.45, 7) is 3.92. The Morgan fingerprint density at radius 2 is 2.25 bits per heavy atom. The summed E-state index contributed by atoms with van der Waals surface area (Å²) in [5, 5.41) is 7.58. The van der Waals surface area contributed by atoms with Gasteiger partial charge in [0.05, 0.1) is 29.1 Å². The van der Waals surface area contributed by atoms with E-state index in [0.29, 0.717) is 33.1 Å². The summed E-state index contributed by atoms with van der Waals surface area (Å²) in [6.07, 6.45) is 3.14. The number of halogens is 2. The summed E-state index contributed by atoms with van der Waals surface area (Å²) in [6, 6.07) is 5.06. The number of benzene rings is 1. The lowest BCUT2D eigenvalue weighted by Crippen LogP contribution is -2.23. The van der Waals surface area contributed by atoms with Crippen molar-refractivity contribution in [2.45, 2.75) is 6.54 Å². The van der Waals surface area contributed by atoms with Crippen LogP contribution in [0.4, 0.5) is 17.1 Å². The van der Waals surface area contributed by atoms with E-state index in [0.717, 1.165) is 0 Å². The van der Waals surface area contributed by atoms with Crippen molar-refractivity contribution in [3.05, 3.63) is 56.9 Å². The van der Waals surface area contributed by atoms with Gasteiger partial charge in [0.25, 0.3) is 5.56 Å². The second-order valence-electron chi connectivity index (χ2n) is 4.01. The number of aromatic nitrogens is 2. The van der Waals surface area contributed by atoms with Crippen molar-refractivity contribution in [3.8, 4) is 0 Å². The highest BCUT2D eigenvalue weighted by atomic mass is 79.9. The van der Waals surface area contributed by atoms with Crippen LogP contribution < -0.4 is 16.6 Å². The van der Waals surface area contributed by atoms with Crippen LogP contribution in [-0.4, -0.2) is 9.78 Å². The van der Waals surface area contributed by atoms with Gasteiger partial charge in [-0.15, -0.1) is 6.58 Å². The quantitative estimate of drug-likeness (QED) is 0.652. The third-order valence-electron chi connectivity index (χ3n) is 2.55. The molecule has 0 fully saturated rings. The third-order valence-corrected chi connectivity index (χ3v) is 3.64. The van der Waals surface area contributed by atoms with Crippen LogP contribution in [0.5, 0.6) is 0 Å². The first-order valence-corrected chi connectivity index (χ1v) is 6.88. The molecule has 0 aliphatic carbocycles. The topological polar surface area (TPSA) is 72.9 Å². The molecule has 0 aliphatic heterocycles. The molecule has 0 unspecified atom stereocenters. The number of rotatable bonds is 4. The van der Waals surface area contributed by atoms with Crippen molar-refractivity contribution in [2.75, 3.05) is 11.1 Å². The summed E-state index contributed by atoms with van der Waals surface area (Å²) >= 11 is 9.33. The lowest BCUT2D eigenvalue weighted by Gasteiger charge is -2.11. The second kappa shape index (κ2) is 6.11. The number of nitrogens with two attached hydrogens (primary N) is 1. The van der Waals surface area contributed by atoms with Gasteiger partial charge in [0.1, 0.15) is 4.47 Å². The minimum Gasteiger partial charge on any atom is -0.399 e. The van der Waals surface area contributed by atoms with E-state index >= 15 is 0 Å². The van der Waals surface area contributed by atoms with Crippen LogP contribution in [0.25, 0.3) is 0 Å². The molecule has 1 aromatic carbocycles. The summed E-state index contributed by atoms with van der Waals surface area (Å²) in [5.74, 6) is 0. The van der Waals surface area contributed by atoms with Gasteiger partial charge in [-0.2, -0.15) is 5.10 Å². The van der Waals surface area contributed by atoms with E-state index in [1.165, 1.54) is 10.9 Å².